The van der Waals surface area contributed by atoms with E-state index in [1.165, 1.54) is 19.1 Å². The molecular formula is C9H9NO3. The molecule has 0 unspecified atom stereocenters. The minimum Gasteiger partial charge on any atom is -0.411 e. The van der Waals surface area contributed by atoms with Gasteiger partial charge < -0.3 is 10.5 Å². The van der Waals surface area contributed by atoms with E-state index in [0.29, 0.717) is 11.3 Å². The van der Waals surface area contributed by atoms with Crippen LogP contribution in [-0.4, -0.2) is 11.9 Å². The Bertz CT molecular complexity index is 329. The van der Waals surface area contributed by atoms with E-state index in [9.17, 15) is 9.59 Å². The molecule has 1 aromatic rings. The van der Waals surface area contributed by atoms with Gasteiger partial charge in [-0.15, -0.1) is 0 Å². The van der Waals surface area contributed by atoms with Crippen LogP contribution in [0.1, 0.15) is 17.3 Å². The van der Waals surface area contributed by atoms with Crippen molar-refractivity contribution in [3.63, 3.8) is 0 Å². The minimum absolute atomic E-state index is 0.0365. The maximum Gasteiger partial charge on any atom is 0.409 e. The zero-order valence-electron chi connectivity index (χ0n) is 7.11. The largest absolute Gasteiger partial charge is 0.411 e. The second-order valence-electron chi connectivity index (χ2n) is 2.50. The number of amides is 1. The Hall–Kier alpha value is -1.84. The molecule has 4 nitrogen and oxygen atoms in total. The van der Waals surface area contributed by atoms with Crippen molar-refractivity contribution in [3.8, 4) is 5.75 Å². The number of primary amides is 1. The lowest BCUT2D eigenvalue weighted by molar-refractivity contribution is 0.101. The van der Waals surface area contributed by atoms with Crippen LogP contribution < -0.4 is 10.5 Å². The summed E-state index contributed by atoms with van der Waals surface area (Å²) in [6.07, 6.45) is -0.865. The third-order valence-electron chi connectivity index (χ3n) is 1.48. The van der Waals surface area contributed by atoms with Crippen molar-refractivity contribution in [2.24, 2.45) is 5.73 Å². The van der Waals surface area contributed by atoms with E-state index in [4.69, 9.17) is 5.73 Å². The summed E-state index contributed by atoms with van der Waals surface area (Å²) in [7, 11) is 0. The average molecular weight is 179 g/mol. The number of Topliss-reactive ketones (excluding diaryl/α,β-unsaturated/α-hetero) is 1. The van der Waals surface area contributed by atoms with Crippen molar-refractivity contribution < 1.29 is 14.3 Å². The molecule has 0 fully saturated rings. The Kier molecular flexibility index (Phi) is 2.64. The highest BCUT2D eigenvalue weighted by atomic mass is 16.5. The van der Waals surface area contributed by atoms with E-state index in [-0.39, 0.29) is 5.78 Å². The highest BCUT2D eigenvalue weighted by Crippen LogP contribution is 2.12. The fourth-order valence-corrected chi connectivity index (χ4v) is 0.874. The molecule has 0 saturated heterocycles. The molecule has 0 heterocycles. The van der Waals surface area contributed by atoms with Gasteiger partial charge in [0.05, 0.1) is 0 Å². The van der Waals surface area contributed by atoms with E-state index in [0.717, 1.165) is 0 Å². The van der Waals surface area contributed by atoms with E-state index in [1.54, 1.807) is 12.1 Å². The third kappa shape index (κ3) is 2.59. The molecule has 0 aliphatic rings. The molecular weight excluding hydrogens is 170 g/mol. The second-order valence-corrected chi connectivity index (χ2v) is 2.50. The van der Waals surface area contributed by atoms with Gasteiger partial charge in [0.1, 0.15) is 5.75 Å². The van der Waals surface area contributed by atoms with Gasteiger partial charge in [-0.1, -0.05) is 0 Å². The Morgan fingerprint density at radius 3 is 2.15 bits per heavy atom. The molecule has 68 valence electrons. The molecule has 0 aliphatic carbocycles. The topological polar surface area (TPSA) is 69.4 Å². The van der Waals surface area contributed by atoms with Gasteiger partial charge in [0.15, 0.2) is 5.78 Å². The number of ketones is 1. The van der Waals surface area contributed by atoms with Crippen LogP contribution >= 0.6 is 0 Å². The molecule has 0 bridgehead atoms. The molecule has 0 saturated carbocycles. The number of hydrogen-bond acceptors (Lipinski definition) is 3. The summed E-state index contributed by atoms with van der Waals surface area (Å²) in [4.78, 5) is 21.2. The van der Waals surface area contributed by atoms with Gasteiger partial charge in [0, 0.05) is 5.56 Å². The first kappa shape index (κ1) is 9.25. The van der Waals surface area contributed by atoms with E-state index < -0.39 is 6.09 Å². The summed E-state index contributed by atoms with van der Waals surface area (Å²) < 4.78 is 4.58. The summed E-state index contributed by atoms with van der Waals surface area (Å²) in [5.74, 6) is 0.295. The molecule has 1 amide bonds. The van der Waals surface area contributed by atoms with Crippen molar-refractivity contribution in [1.29, 1.82) is 0 Å². The lowest BCUT2D eigenvalue weighted by Gasteiger charge is -2.00. The summed E-state index contributed by atoms with van der Waals surface area (Å²) in [5, 5.41) is 0. The first-order valence-electron chi connectivity index (χ1n) is 3.68. The van der Waals surface area contributed by atoms with Crippen LogP contribution in [-0.2, 0) is 0 Å². The predicted octanol–water partition coefficient (Wildman–Crippen LogP) is 1.35. The van der Waals surface area contributed by atoms with Crippen molar-refractivity contribution in [2.45, 2.75) is 6.92 Å². The SMILES string of the molecule is CC(=O)c1ccc(OC(N)=O)cc1. The number of carbonyl (C=O) groups excluding carboxylic acids is 2. The number of ether oxygens (including phenoxy) is 1. The second kappa shape index (κ2) is 3.71. The molecule has 1 aromatic carbocycles. The Labute approximate surface area is 75.3 Å². The van der Waals surface area contributed by atoms with E-state index >= 15 is 0 Å². The number of rotatable bonds is 2. The average Bonchev–Trinajstić information content (AvgIpc) is 2.04. The minimum atomic E-state index is -0.865. The Morgan fingerprint density at radius 1 is 1.23 bits per heavy atom. The normalized spacial score (nSPS) is 9.31. The summed E-state index contributed by atoms with van der Waals surface area (Å²) in [6.45, 7) is 1.46. The maximum absolute atomic E-state index is 10.8. The van der Waals surface area contributed by atoms with Crippen LogP contribution in [0.2, 0.25) is 0 Å². The summed E-state index contributed by atoms with van der Waals surface area (Å²) >= 11 is 0. The lowest BCUT2D eigenvalue weighted by Crippen LogP contribution is -2.16. The first-order valence-corrected chi connectivity index (χ1v) is 3.68. The van der Waals surface area contributed by atoms with Crippen LogP contribution in [0.3, 0.4) is 0 Å². The number of hydrogen-bond donors (Lipinski definition) is 1. The third-order valence-corrected chi connectivity index (χ3v) is 1.48. The molecule has 0 atom stereocenters. The Morgan fingerprint density at radius 2 is 1.77 bits per heavy atom. The van der Waals surface area contributed by atoms with Gasteiger partial charge in [0.2, 0.25) is 0 Å². The van der Waals surface area contributed by atoms with E-state index in [2.05, 4.69) is 4.74 Å². The smallest absolute Gasteiger partial charge is 0.409 e. The standard InChI is InChI=1S/C9H9NO3/c1-6(11)7-2-4-8(5-3-7)13-9(10)12/h2-5H,1H3,(H2,10,12). The first-order chi connectivity index (χ1) is 6.09. The van der Waals surface area contributed by atoms with E-state index in [1.807, 2.05) is 0 Å². The highest BCUT2D eigenvalue weighted by molar-refractivity contribution is 5.94. The van der Waals surface area contributed by atoms with Crippen LogP contribution in [0.25, 0.3) is 0 Å². The van der Waals surface area contributed by atoms with Crippen LogP contribution in [0.5, 0.6) is 5.75 Å². The van der Waals surface area contributed by atoms with Gasteiger partial charge in [-0.3, -0.25) is 4.79 Å². The molecule has 13 heavy (non-hydrogen) atoms. The van der Waals surface area contributed by atoms with Crippen molar-refractivity contribution in [1.82, 2.24) is 0 Å². The molecule has 0 aliphatic heterocycles. The summed E-state index contributed by atoms with van der Waals surface area (Å²) in [6, 6.07) is 6.17. The van der Waals surface area contributed by atoms with Crippen molar-refractivity contribution in [2.75, 3.05) is 0 Å². The zero-order chi connectivity index (χ0) is 9.84. The van der Waals surface area contributed by atoms with Gasteiger partial charge in [-0.25, -0.2) is 4.79 Å². The fourth-order valence-electron chi connectivity index (χ4n) is 0.874. The van der Waals surface area contributed by atoms with Crippen molar-refractivity contribution >= 4 is 11.9 Å². The number of benzene rings is 1. The molecule has 2 N–H and O–H groups in total. The van der Waals surface area contributed by atoms with Gasteiger partial charge in [-0.05, 0) is 31.2 Å². The van der Waals surface area contributed by atoms with Crippen LogP contribution in [0.15, 0.2) is 24.3 Å². The number of nitrogens with two attached hydrogens (primary N) is 1. The van der Waals surface area contributed by atoms with Gasteiger partial charge >= 0.3 is 6.09 Å². The molecule has 0 radical (unpaired) electrons. The molecule has 4 heteroatoms. The van der Waals surface area contributed by atoms with Gasteiger partial charge in [0.25, 0.3) is 0 Å². The maximum atomic E-state index is 10.8. The van der Waals surface area contributed by atoms with Gasteiger partial charge in [-0.2, -0.15) is 0 Å². The lowest BCUT2D eigenvalue weighted by atomic mass is 10.1. The number of carbonyl (C=O) groups is 2. The fraction of sp³-hybridized carbons (Fsp3) is 0.111. The molecule has 0 spiro atoms. The summed E-state index contributed by atoms with van der Waals surface area (Å²) in [5.41, 5.74) is 5.36. The highest BCUT2D eigenvalue weighted by Gasteiger charge is 2.00. The van der Waals surface area contributed by atoms with Crippen molar-refractivity contribution in [3.05, 3.63) is 29.8 Å². The quantitative estimate of drug-likeness (QED) is 0.696. The van der Waals surface area contributed by atoms with Crippen LogP contribution in [0.4, 0.5) is 4.79 Å². The molecule has 1 rings (SSSR count). The molecule has 0 aromatic heterocycles. The predicted molar refractivity (Wildman–Crippen MR) is 46.7 cm³/mol. The monoisotopic (exact) mass is 179 g/mol. The van der Waals surface area contributed by atoms with Crippen LogP contribution in [0, 0.1) is 0 Å². The Balaban J connectivity index is 2.81. The zero-order valence-corrected chi connectivity index (χ0v) is 7.11.